The maximum atomic E-state index is 13.8. The fraction of sp³-hybridized carbons (Fsp3) is 0.190. The molecule has 0 radical (unpaired) electrons. The quantitative estimate of drug-likeness (QED) is 0.632. The minimum atomic E-state index is -0.824. The molecule has 27 heavy (non-hydrogen) atoms. The third-order valence-electron chi connectivity index (χ3n) is 4.14. The van der Waals surface area contributed by atoms with E-state index in [1.807, 2.05) is 18.2 Å². The molecule has 0 spiro atoms. The van der Waals surface area contributed by atoms with Gasteiger partial charge in [0.25, 0.3) is 0 Å². The van der Waals surface area contributed by atoms with Gasteiger partial charge in [0.05, 0.1) is 28.9 Å². The zero-order valence-corrected chi connectivity index (χ0v) is 15.0. The molecule has 0 aliphatic rings. The molecule has 3 aromatic rings. The number of hydrogen-bond acceptors (Lipinski definition) is 5. The number of halogens is 1. The number of aryl methyl sites for hydroxylation is 1. The van der Waals surface area contributed by atoms with Crippen molar-refractivity contribution in [1.29, 1.82) is 0 Å². The molecule has 0 amide bonds. The Labute approximate surface area is 155 Å². The number of carbonyl (C=O) groups excluding carboxylic acids is 2. The first-order valence-electron chi connectivity index (χ1n) is 8.50. The molecule has 2 aromatic carbocycles. The number of benzene rings is 2. The van der Waals surface area contributed by atoms with Crippen molar-refractivity contribution in [3.63, 3.8) is 0 Å². The summed E-state index contributed by atoms with van der Waals surface area (Å²) in [4.78, 5) is 29.1. The first kappa shape index (κ1) is 18.5. The summed E-state index contributed by atoms with van der Waals surface area (Å²) in [7, 11) is 0. The van der Waals surface area contributed by atoms with Gasteiger partial charge in [-0.15, -0.1) is 0 Å². The van der Waals surface area contributed by atoms with Gasteiger partial charge in [-0.25, -0.2) is 19.0 Å². The lowest BCUT2D eigenvalue weighted by atomic mass is 10.0. The van der Waals surface area contributed by atoms with Crippen LogP contribution in [0.25, 0.3) is 10.9 Å². The molecule has 6 heteroatoms. The number of hydrogen-bond donors (Lipinski definition) is 0. The molecule has 0 bridgehead atoms. The molecule has 0 fully saturated rings. The van der Waals surface area contributed by atoms with Crippen LogP contribution in [-0.4, -0.2) is 23.5 Å². The van der Waals surface area contributed by atoms with Crippen molar-refractivity contribution >= 4 is 22.8 Å². The minimum absolute atomic E-state index is 0.173. The Bertz CT molecular complexity index is 1020. The van der Waals surface area contributed by atoms with E-state index in [0.717, 1.165) is 5.39 Å². The number of nitrogens with zero attached hydrogens (tertiary/aromatic N) is 1. The average Bonchev–Trinajstić information content (AvgIpc) is 2.66. The lowest BCUT2D eigenvalue weighted by Crippen LogP contribution is -2.15. The van der Waals surface area contributed by atoms with Crippen LogP contribution in [0.15, 0.2) is 48.5 Å². The van der Waals surface area contributed by atoms with Crippen molar-refractivity contribution in [1.82, 2.24) is 4.98 Å². The molecule has 0 N–H and O–H groups in total. The number of carbonyl (C=O) groups is 2. The number of aromatic nitrogens is 1. The lowest BCUT2D eigenvalue weighted by molar-refractivity contribution is 0.0440. The van der Waals surface area contributed by atoms with Crippen LogP contribution >= 0.6 is 0 Å². The number of esters is 2. The van der Waals surface area contributed by atoms with Crippen LogP contribution in [-0.2, 0) is 16.1 Å². The highest BCUT2D eigenvalue weighted by molar-refractivity contribution is 5.98. The Balaban J connectivity index is 1.97. The number of pyridine rings is 1. The zero-order valence-electron chi connectivity index (χ0n) is 15.0. The lowest BCUT2D eigenvalue weighted by Gasteiger charge is -2.14. The van der Waals surface area contributed by atoms with Gasteiger partial charge in [-0.2, -0.15) is 0 Å². The maximum Gasteiger partial charge on any atom is 0.341 e. The molecule has 138 valence electrons. The summed E-state index contributed by atoms with van der Waals surface area (Å²) >= 11 is 0. The topological polar surface area (TPSA) is 65.5 Å². The summed E-state index contributed by atoms with van der Waals surface area (Å²) in [6, 6.07) is 12.9. The van der Waals surface area contributed by atoms with Crippen LogP contribution in [0.1, 0.15) is 38.9 Å². The predicted molar refractivity (Wildman–Crippen MR) is 98.0 cm³/mol. The smallest absolute Gasteiger partial charge is 0.341 e. The summed E-state index contributed by atoms with van der Waals surface area (Å²) < 4.78 is 24.1. The van der Waals surface area contributed by atoms with Crippen molar-refractivity contribution in [3.8, 4) is 0 Å². The summed E-state index contributed by atoms with van der Waals surface area (Å²) in [6.45, 7) is 3.44. The molecular weight excluding hydrogens is 349 g/mol. The normalized spacial score (nSPS) is 10.6. The van der Waals surface area contributed by atoms with E-state index < -0.39 is 17.8 Å². The third kappa shape index (κ3) is 3.79. The van der Waals surface area contributed by atoms with E-state index in [-0.39, 0.29) is 30.0 Å². The van der Waals surface area contributed by atoms with Gasteiger partial charge in [0.15, 0.2) is 0 Å². The van der Waals surface area contributed by atoms with Crippen LogP contribution in [0, 0.1) is 12.7 Å². The van der Waals surface area contributed by atoms with Gasteiger partial charge in [0.1, 0.15) is 12.4 Å². The molecule has 0 aliphatic heterocycles. The molecular formula is C21H18FNO4. The second-order valence-electron chi connectivity index (χ2n) is 5.85. The van der Waals surface area contributed by atoms with E-state index in [1.165, 1.54) is 18.2 Å². The van der Waals surface area contributed by atoms with Gasteiger partial charge in [0.2, 0.25) is 0 Å². The van der Waals surface area contributed by atoms with Crippen molar-refractivity contribution in [2.45, 2.75) is 20.5 Å². The number of para-hydroxylation sites is 1. The molecule has 0 saturated heterocycles. The Morgan fingerprint density at radius 1 is 1.00 bits per heavy atom. The van der Waals surface area contributed by atoms with Crippen molar-refractivity contribution < 1.29 is 23.5 Å². The Kier molecular flexibility index (Phi) is 5.45. The van der Waals surface area contributed by atoms with Crippen LogP contribution in [0.5, 0.6) is 0 Å². The largest absolute Gasteiger partial charge is 0.462 e. The second-order valence-corrected chi connectivity index (χ2v) is 5.85. The van der Waals surface area contributed by atoms with Gasteiger partial charge >= 0.3 is 11.9 Å². The summed E-state index contributed by atoms with van der Waals surface area (Å²) in [6.07, 6.45) is 0. The molecule has 1 aromatic heterocycles. The zero-order chi connectivity index (χ0) is 19.4. The Morgan fingerprint density at radius 2 is 1.70 bits per heavy atom. The third-order valence-corrected chi connectivity index (χ3v) is 4.14. The number of fused-ring (bicyclic) bond motifs is 1. The van der Waals surface area contributed by atoms with E-state index in [2.05, 4.69) is 4.98 Å². The maximum absolute atomic E-state index is 13.8. The molecule has 0 saturated carbocycles. The average molecular weight is 367 g/mol. The van der Waals surface area contributed by atoms with E-state index >= 15 is 0 Å². The first-order valence-corrected chi connectivity index (χ1v) is 8.50. The number of rotatable bonds is 5. The van der Waals surface area contributed by atoms with E-state index in [4.69, 9.17) is 9.47 Å². The Hall–Kier alpha value is -3.28. The molecule has 0 atom stereocenters. The van der Waals surface area contributed by atoms with Gasteiger partial charge < -0.3 is 9.47 Å². The Morgan fingerprint density at radius 3 is 2.44 bits per heavy atom. The summed E-state index contributed by atoms with van der Waals surface area (Å²) in [5, 5.41) is 0.810. The molecule has 0 unspecified atom stereocenters. The first-order chi connectivity index (χ1) is 13.0. The highest BCUT2D eigenvalue weighted by Crippen LogP contribution is 2.24. The summed E-state index contributed by atoms with van der Waals surface area (Å²) in [5.74, 6) is -2.03. The van der Waals surface area contributed by atoms with Crippen LogP contribution < -0.4 is 0 Å². The predicted octanol–water partition coefficient (Wildman–Crippen LogP) is 4.22. The van der Waals surface area contributed by atoms with E-state index in [9.17, 15) is 14.0 Å². The monoisotopic (exact) mass is 367 g/mol. The highest BCUT2D eigenvalue weighted by Gasteiger charge is 2.21. The molecule has 1 heterocycles. The fourth-order valence-electron chi connectivity index (χ4n) is 2.86. The van der Waals surface area contributed by atoms with E-state index in [0.29, 0.717) is 11.1 Å². The SMILES string of the molecule is CCOC(=O)c1c(COC(=O)c2ccccc2F)nc2ccccc2c1C. The van der Waals surface area contributed by atoms with Crippen molar-refractivity contribution in [3.05, 3.63) is 76.7 Å². The number of ether oxygens (including phenoxy) is 2. The second kappa shape index (κ2) is 7.95. The van der Waals surface area contributed by atoms with Gasteiger partial charge in [0, 0.05) is 5.39 Å². The van der Waals surface area contributed by atoms with Crippen LogP contribution in [0.3, 0.4) is 0 Å². The minimum Gasteiger partial charge on any atom is -0.462 e. The van der Waals surface area contributed by atoms with Crippen LogP contribution in [0.4, 0.5) is 4.39 Å². The van der Waals surface area contributed by atoms with Gasteiger partial charge in [-0.1, -0.05) is 30.3 Å². The van der Waals surface area contributed by atoms with E-state index in [1.54, 1.807) is 26.0 Å². The fourth-order valence-corrected chi connectivity index (χ4v) is 2.86. The molecule has 0 aliphatic carbocycles. The van der Waals surface area contributed by atoms with Crippen molar-refractivity contribution in [2.24, 2.45) is 0 Å². The molecule has 3 rings (SSSR count). The highest BCUT2D eigenvalue weighted by atomic mass is 19.1. The molecule has 5 nitrogen and oxygen atoms in total. The van der Waals surface area contributed by atoms with Gasteiger partial charge in [-0.3, -0.25) is 0 Å². The van der Waals surface area contributed by atoms with Gasteiger partial charge in [-0.05, 0) is 37.6 Å². The van der Waals surface area contributed by atoms with Crippen molar-refractivity contribution in [2.75, 3.05) is 6.61 Å². The summed E-state index contributed by atoms with van der Waals surface area (Å²) in [5.41, 5.74) is 1.72. The van der Waals surface area contributed by atoms with Crippen LogP contribution in [0.2, 0.25) is 0 Å². The standard InChI is InChI=1S/C21H18FNO4/c1-3-26-21(25)19-13(2)14-8-5-7-11-17(14)23-18(19)12-27-20(24)15-9-4-6-10-16(15)22/h4-11H,3,12H2,1-2H3.